The van der Waals surface area contributed by atoms with E-state index in [1.807, 2.05) is 24.4 Å². The Balaban J connectivity index is 2.13. The summed E-state index contributed by atoms with van der Waals surface area (Å²) >= 11 is 0. The number of hydrogen-bond donors (Lipinski definition) is 3. The molecule has 2 atom stereocenters. The van der Waals surface area contributed by atoms with Crippen molar-refractivity contribution in [1.82, 2.24) is 15.3 Å². The number of nitrogens with one attached hydrogen (secondary N) is 2. The Morgan fingerprint density at radius 1 is 1.39 bits per heavy atom. The molecule has 0 aliphatic rings. The minimum Gasteiger partial charge on any atom is -0.508 e. The van der Waals surface area contributed by atoms with Crippen LogP contribution in [0.4, 0.5) is 0 Å². The van der Waals surface area contributed by atoms with Gasteiger partial charge in [-0.2, -0.15) is 0 Å². The van der Waals surface area contributed by atoms with Crippen LogP contribution in [-0.4, -0.2) is 15.1 Å². The van der Waals surface area contributed by atoms with Crippen molar-refractivity contribution in [2.75, 3.05) is 0 Å². The van der Waals surface area contributed by atoms with E-state index < -0.39 is 0 Å². The largest absolute Gasteiger partial charge is 0.508 e. The number of phenols is 1. The molecule has 0 spiro atoms. The molecule has 1 aromatic carbocycles. The Kier molecular flexibility index (Phi) is 3.99. The number of benzene rings is 1. The first kappa shape index (κ1) is 12.6. The number of aromatic amines is 1. The van der Waals surface area contributed by atoms with Gasteiger partial charge in [-0.15, -0.1) is 0 Å². The molecule has 0 saturated heterocycles. The first-order valence-electron chi connectivity index (χ1n) is 6.25. The van der Waals surface area contributed by atoms with E-state index in [-0.39, 0.29) is 12.1 Å². The SMILES string of the molecule is CCC(NC(C)c1ncc[nH]1)c1ccccc1O. The molecule has 18 heavy (non-hydrogen) atoms. The molecule has 4 heteroatoms. The second-order valence-corrected chi connectivity index (χ2v) is 4.38. The average molecular weight is 245 g/mol. The maximum Gasteiger partial charge on any atom is 0.122 e. The number of nitrogens with zero attached hydrogens (tertiary/aromatic N) is 1. The van der Waals surface area contributed by atoms with Gasteiger partial charge in [-0.25, -0.2) is 4.98 Å². The van der Waals surface area contributed by atoms with Crippen molar-refractivity contribution >= 4 is 0 Å². The second-order valence-electron chi connectivity index (χ2n) is 4.38. The molecule has 0 aliphatic carbocycles. The molecule has 2 rings (SSSR count). The monoisotopic (exact) mass is 245 g/mol. The van der Waals surface area contributed by atoms with Gasteiger partial charge in [-0.1, -0.05) is 25.1 Å². The van der Waals surface area contributed by atoms with Crippen LogP contribution in [0.1, 0.15) is 43.7 Å². The summed E-state index contributed by atoms with van der Waals surface area (Å²) in [5.74, 6) is 1.24. The van der Waals surface area contributed by atoms with Gasteiger partial charge >= 0.3 is 0 Å². The van der Waals surface area contributed by atoms with E-state index in [2.05, 4.69) is 29.1 Å². The quantitative estimate of drug-likeness (QED) is 0.759. The van der Waals surface area contributed by atoms with Crippen molar-refractivity contribution in [3.63, 3.8) is 0 Å². The van der Waals surface area contributed by atoms with Crippen molar-refractivity contribution in [1.29, 1.82) is 0 Å². The molecular formula is C14H19N3O. The van der Waals surface area contributed by atoms with Crippen molar-refractivity contribution in [2.24, 2.45) is 0 Å². The summed E-state index contributed by atoms with van der Waals surface area (Å²) in [6, 6.07) is 7.68. The van der Waals surface area contributed by atoms with E-state index in [0.717, 1.165) is 17.8 Å². The molecule has 0 bridgehead atoms. The summed E-state index contributed by atoms with van der Waals surface area (Å²) in [6.07, 6.45) is 4.46. The summed E-state index contributed by atoms with van der Waals surface area (Å²) < 4.78 is 0. The van der Waals surface area contributed by atoms with Crippen LogP contribution in [0.5, 0.6) is 5.75 Å². The van der Waals surface area contributed by atoms with Gasteiger partial charge in [0, 0.05) is 24.0 Å². The van der Waals surface area contributed by atoms with Gasteiger partial charge < -0.3 is 15.4 Å². The predicted molar refractivity (Wildman–Crippen MR) is 71.3 cm³/mol. The van der Waals surface area contributed by atoms with Crippen LogP contribution in [-0.2, 0) is 0 Å². The van der Waals surface area contributed by atoms with Crippen LogP contribution < -0.4 is 5.32 Å². The number of hydrogen-bond acceptors (Lipinski definition) is 3. The average Bonchev–Trinajstić information content (AvgIpc) is 2.90. The van der Waals surface area contributed by atoms with Crippen molar-refractivity contribution in [3.05, 3.63) is 48.0 Å². The maximum absolute atomic E-state index is 9.89. The zero-order valence-corrected chi connectivity index (χ0v) is 10.7. The number of aromatic nitrogens is 2. The van der Waals surface area contributed by atoms with Crippen LogP contribution in [0.3, 0.4) is 0 Å². The molecule has 1 heterocycles. The fraction of sp³-hybridized carbons (Fsp3) is 0.357. The van der Waals surface area contributed by atoms with E-state index in [4.69, 9.17) is 0 Å². The zero-order valence-electron chi connectivity index (χ0n) is 10.7. The van der Waals surface area contributed by atoms with Crippen LogP contribution in [0, 0.1) is 0 Å². The third-order valence-corrected chi connectivity index (χ3v) is 3.10. The third-order valence-electron chi connectivity index (χ3n) is 3.10. The Labute approximate surface area is 107 Å². The molecule has 2 aromatic rings. The minimum absolute atomic E-state index is 0.115. The van der Waals surface area contributed by atoms with Crippen LogP contribution in [0.15, 0.2) is 36.7 Å². The Morgan fingerprint density at radius 2 is 2.17 bits per heavy atom. The van der Waals surface area contributed by atoms with Crippen molar-refractivity contribution < 1.29 is 5.11 Å². The number of para-hydroxylation sites is 1. The molecule has 1 aromatic heterocycles. The lowest BCUT2D eigenvalue weighted by atomic mass is 10.0. The highest BCUT2D eigenvalue weighted by atomic mass is 16.3. The molecule has 4 nitrogen and oxygen atoms in total. The van der Waals surface area contributed by atoms with E-state index in [1.54, 1.807) is 12.3 Å². The molecule has 2 unspecified atom stereocenters. The highest BCUT2D eigenvalue weighted by Gasteiger charge is 2.17. The lowest BCUT2D eigenvalue weighted by Crippen LogP contribution is -2.25. The molecule has 0 fully saturated rings. The van der Waals surface area contributed by atoms with Crippen molar-refractivity contribution in [3.8, 4) is 5.75 Å². The minimum atomic E-state index is 0.115. The molecule has 96 valence electrons. The number of phenolic OH excluding ortho intramolecular Hbond substituents is 1. The van der Waals surface area contributed by atoms with Crippen molar-refractivity contribution in [2.45, 2.75) is 32.4 Å². The van der Waals surface area contributed by atoms with E-state index in [1.165, 1.54) is 0 Å². The topological polar surface area (TPSA) is 60.9 Å². The van der Waals surface area contributed by atoms with Gasteiger partial charge in [0.2, 0.25) is 0 Å². The molecule has 0 saturated carbocycles. The Morgan fingerprint density at radius 3 is 2.78 bits per heavy atom. The molecule has 0 aliphatic heterocycles. The van der Waals surface area contributed by atoms with E-state index in [9.17, 15) is 5.11 Å². The van der Waals surface area contributed by atoms with Gasteiger partial charge in [0.15, 0.2) is 0 Å². The first-order valence-corrected chi connectivity index (χ1v) is 6.25. The predicted octanol–water partition coefficient (Wildman–Crippen LogP) is 2.92. The fourth-order valence-corrected chi connectivity index (χ4v) is 2.10. The Hall–Kier alpha value is -1.81. The summed E-state index contributed by atoms with van der Waals surface area (Å²) in [5, 5.41) is 13.4. The Bertz CT molecular complexity index is 482. The summed E-state index contributed by atoms with van der Waals surface area (Å²) in [5.41, 5.74) is 0.929. The van der Waals surface area contributed by atoms with E-state index >= 15 is 0 Å². The lowest BCUT2D eigenvalue weighted by molar-refractivity contribution is 0.413. The number of H-pyrrole nitrogens is 1. The lowest BCUT2D eigenvalue weighted by Gasteiger charge is -2.22. The maximum atomic E-state index is 9.89. The van der Waals surface area contributed by atoms with Gasteiger partial charge in [-0.05, 0) is 19.4 Å². The fourth-order valence-electron chi connectivity index (χ4n) is 2.10. The summed E-state index contributed by atoms with van der Waals surface area (Å²) in [7, 11) is 0. The second kappa shape index (κ2) is 5.69. The number of imidazole rings is 1. The van der Waals surface area contributed by atoms with Gasteiger partial charge in [0.1, 0.15) is 11.6 Å². The summed E-state index contributed by atoms with van der Waals surface area (Å²) in [4.78, 5) is 7.34. The highest BCUT2D eigenvalue weighted by molar-refractivity contribution is 5.34. The van der Waals surface area contributed by atoms with E-state index in [0.29, 0.717) is 5.75 Å². The molecular weight excluding hydrogens is 226 g/mol. The summed E-state index contributed by atoms with van der Waals surface area (Å²) in [6.45, 7) is 4.15. The smallest absolute Gasteiger partial charge is 0.122 e. The van der Waals surface area contributed by atoms with Crippen LogP contribution in [0.2, 0.25) is 0 Å². The molecule has 0 amide bonds. The number of aromatic hydroxyl groups is 1. The molecule has 0 radical (unpaired) electrons. The van der Waals surface area contributed by atoms with Gasteiger partial charge in [0.25, 0.3) is 0 Å². The van der Waals surface area contributed by atoms with Crippen LogP contribution >= 0.6 is 0 Å². The van der Waals surface area contributed by atoms with Crippen LogP contribution in [0.25, 0.3) is 0 Å². The highest BCUT2D eigenvalue weighted by Crippen LogP contribution is 2.27. The standard InChI is InChI=1S/C14H19N3O/c1-3-12(11-6-4-5-7-13(11)18)17-10(2)14-15-8-9-16-14/h4-10,12,17-18H,3H2,1-2H3,(H,15,16). The normalized spacial score (nSPS) is 14.3. The zero-order chi connectivity index (χ0) is 13.0. The van der Waals surface area contributed by atoms with Gasteiger partial charge in [0.05, 0.1) is 6.04 Å². The number of rotatable bonds is 5. The first-order chi connectivity index (χ1) is 8.72. The molecule has 3 N–H and O–H groups in total. The van der Waals surface area contributed by atoms with Gasteiger partial charge in [-0.3, -0.25) is 0 Å². The third kappa shape index (κ3) is 2.71.